The summed E-state index contributed by atoms with van der Waals surface area (Å²) in [6, 6.07) is 12.8. The van der Waals surface area contributed by atoms with Crippen LogP contribution in [0.1, 0.15) is 11.1 Å². The van der Waals surface area contributed by atoms with Crippen molar-refractivity contribution in [3.63, 3.8) is 0 Å². The van der Waals surface area contributed by atoms with Gasteiger partial charge in [0.25, 0.3) is 10.9 Å². The number of halogens is 1. The third kappa shape index (κ3) is 4.06. The number of rotatable bonds is 8. The van der Waals surface area contributed by atoms with E-state index in [1.54, 1.807) is 32.4 Å². The second-order valence-electron chi connectivity index (χ2n) is 5.93. The number of nitrogens with one attached hydrogen (secondary N) is 2. The third-order valence-electron chi connectivity index (χ3n) is 4.19. The molecular weight excluding hydrogens is 368 g/mol. The maximum absolute atomic E-state index is 11.9. The van der Waals surface area contributed by atoms with Crippen molar-refractivity contribution < 1.29 is 9.47 Å². The summed E-state index contributed by atoms with van der Waals surface area (Å²) < 4.78 is 10.5. The Morgan fingerprint density at radius 1 is 0.815 bits per heavy atom. The number of hydrogen-bond donors (Lipinski definition) is 2. The molecule has 0 aliphatic heterocycles. The Morgan fingerprint density at radius 2 is 1.41 bits per heavy atom. The maximum Gasteiger partial charge on any atom is 0.253 e. The van der Waals surface area contributed by atoms with Gasteiger partial charge in [0.1, 0.15) is 11.4 Å². The van der Waals surface area contributed by atoms with Gasteiger partial charge in [-0.25, -0.2) is 0 Å². The zero-order chi connectivity index (χ0) is 19.4. The van der Waals surface area contributed by atoms with Gasteiger partial charge in [-0.05, 0) is 35.4 Å². The van der Waals surface area contributed by atoms with E-state index in [1.807, 2.05) is 24.3 Å². The maximum atomic E-state index is 11.9. The van der Waals surface area contributed by atoms with Crippen molar-refractivity contribution in [3.05, 3.63) is 79.1 Å². The smallest absolute Gasteiger partial charge is 0.253 e. The first-order chi connectivity index (χ1) is 13.0. The predicted octanol–water partition coefficient (Wildman–Crippen LogP) is 3.18. The van der Waals surface area contributed by atoms with Crippen molar-refractivity contribution in [1.29, 1.82) is 0 Å². The van der Waals surface area contributed by atoms with Crippen LogP contribution in [-0.2, 0) is 13.1 Å². The van der Waals surface area contributed by atoms with Crippen LogP contribution in [0.25, 0.3) is 0 Å². The topological polar surface area (TPSA) is 76.7 Å². The van der Waals surface area contributed by atoms with Gasteiger partial charge >= 0.3 is 0 Å². The van der Waals surface area contributed by atoms with Crippen LogP contribution in [0.4, 0.5) is 11.4 Å². The summed E-state index contributed by atoms with van der Waals surface area (Å²) in [7, 11) is 3.13. The Bertz CT molecular complexity index is 1030. The lowest BCUT2D eigenvalue weighted by molar-refractivity contribution is 0.354. The quantitative estimate of drug-likeness (QED) is 0.579. The van der Waals surface area contributed by atoms with Crippen molar-refractivity contribution in [2.45, 2.75) is 13.1 Å². The first-order valence-corrected chi connectivity index (χ1v) is 8.67. The normalized spacial score (nSPS) is 10.6. The average Bonchev–Trinajstić information content (AvgIpc) is 2.69. The first-order valence-electron chi connectivity index (χ1n) is 8.30. The monoisotopic (exact) mass is 386 g/mol. The molecule has 0 spiro atoms. The predicted molar refractivity (Wildman–Crippen MR) is 107 cm³/mol. The molecule has 2 N–H and O–H groups in total. The van der Waals surface area contributed by atoms with E-state index >= 15 is 0 Å². The summed E-state index contributed by atoms with van der Waals surface area (Å²) in [5.41, 5.74) is 1.34. The SMILES string of the molecule is COc1ccc(CNc2c(NCc3cccc(Cl)c3)c(=O)c2=O)cc1OC. The lowest BCUT2D eigenvalue weighted by atomic mass is 10.1. The molecule has 140 valence electrons. The summed E-state index contributed by atoms with van der Waals surface area (Å²) in [5, 5.41) is 6.66. The molecule has 0 aliphatic rings. The first kappa shape index (κ1) is 18.8. The Labute approximate surface area is 161 Å². The summed E-state index contributed by atoms with van der Waals surface area (Å²) >= 11 is 5.96. The van der Waals surface area contributed by atoms with Crippen molar-refractivity contribution in [2.24, 2.45) is 0 Å². The molecule has 6 nitrogen and oxygen atoms in total. The van der Waals surface area contributed by atoms with Crippen LogP contribution in [0.3, 0.4) is 0 Å². The fraction of sp³-hybridized carbons (Fsp3) is 0.200. The molecule has 0 amide bonds. The zero-order valence-electron chi connectivity index (χ0n) is 15.0. The number of methoxy groups -OCH3 is 2. The van der Waals surface area contributed by atoms with E-state index in [4.69, 9.17) is 21.1 Å². The molecule has 0 radical (unpaired) electrons. The molecule has 3 rings (SSSR count). The van der Waals surface area contributed by atoms with E-state index in [9.17, 15) is 9.59 Å². The van der Waals surface area contributed by atoms with Crippen LogP contribution in [0.15, 0.2) is 52.1 Å². The molecule has 3 aromatic carbocycles. The van der Waals surface area contributed by atoms with Crippen LogP contribution in [0.2, 0.25) is 5.02 Å². The Kier molecular flexibility index (Phi) is 5.66. The molecule has 0 atom stereocenters. The van der Waals surface area contributed by atoms with E-state index < -0.39 is 10.9 Å². The summed E-state index contributed by atoms with van der Waals surface area (Å²) in [5.74, 6) is 1.22. The van der Waals surface area contributed by atoms with Crippen LogP contribution in [0, 0.1) is 0 Å². The molecular formula is C20H19ClN2O4. The standard InChI is InChI=1S/C20H19ClN2O4/c1-26-15-7-6-13(9-16(15)27-2)11-23-18-17(19(24)20(18)25)22-10-12-4-3-5-14(21)8-12/h3-9,22-23H,10-11H2,1-2H3. The Balaban J connectivity index is 1.69. The summed E-state index contributed by atoms with van der Waals surface area (Å²) in [6.45, 7) is 0.771. The van der Waals surface area contributed by atoms with Gasteiger partial charge in [0.15, 0.2) is 11.5 Å². The van der Waals surface area contributed by atoms with Gasteiger partial charge in [-0.2, -0.15) is 0 Å². The fourth-order valence-corrected chi connectivity index (χ4v) is 2.96. The zero-order valence-corrected chi connectivity index (χ0v) is 15.7. The van der Waals surface area contributed by atoms with Gasteiger partial charge in [-0.3, -0.25) is 9.59 Å². The van der Waals surface area contributed by atoms with Gasteiger partial charge in [-0.1, -0.05) is 29.8 Å². The van der Waals surface area contributed by atoms with Crippen molar-refractivity contribution in [2.75, 3.05) is 24.9 Å². The van der Waals surface area contributed by atoms with E-state index in [1.165, 1.54) is 0 Å². The fourth-order valence-electron chi connectivity index (χ4n) is 2.75. The number of anilines is 2. The van der Waals surface area contributed by atoms with Crippen LogP contribution in [0.5, 0.6) is 11.5 Å². The number of benzene rings is 2. The minimum Gasteiger partial charge on any atom is -0.493 e. The molecule has 7 heteroatoms. The number of hydrogen-bond acceptors (Lipinski definition) is 6. The van der Waals surface area contributed by atoms with E-state index in [0.717, 1.165) is 11.1 Å². The summed E-state index contributed by atoms with van der Waals surface area (Å²) in [4.78, 5) is 23.8. The highest BCUT2D eigenvalue weighted by atomic mass is 35.5. The van der Waals surface area contributed by atoms with Gasteiger partial charge in [-0.15, -0.1) is 0 Å². The van der Waals surface area contributed by atoms with Crippen molar-refractivity contribution in [3.8, 4) is 11.5 Å². The second-order valence-corrected chi connectivity index (χ2v) is 6.37. The highest BCUT2D eigenvalue weighted by molar-refractivity contribution is 6.30. The van der Waals surface area contributed by atoms with Crippen LogP contribution >= 0.6 is 11.6 Å². The highest BCUT2D eigenvalue weighted by Gasteiger charge is 2.20. The molecule has 0 unspecified atom stereocenters. The minimum atomic E-state index is -0.524. The highest BCUT2D eigenvalue weighted by Crippen LogP contribution is 2.28. The molecule has 0 bridgehead atoms. The van der Waals surface area contributed by atoms with Crippen molar-refractivity contribution >= 4 is 23.0 Å². The molecule has 27 heavy (non-hydrogen) atoms. The van der Waals surface area contributed by atoms with Gasteiger partial charge in [0.2, 0.25) is 0 Å². The molecule has 3 aromatic rings. The molecule has 0 heterocycles. The Hall–Kier alpha value is -2.99. The molecule has 0 aliphatic carbocycles. The lowest BCUT2D eigenvalue weighted by Crippen LogP contribution is -2.37. The van der Waals surface area contributed by atoms with Crippen molar-refractivity contribution in [1.82, 2.24) is 0 Å². The Morgan fingerprint density at radius 3 is 1.96 bits per heavy atom. The molecule has 0 saturated carbocycles. The van der Waals surface area contributed by atoms with Gasteiger partial charge < -0.3 is 20.1 Å². The largest absolute Gasteiger partial charge is 0.493 e. The molecule has 0 saturated heterocycles. The minimum absolute atomic E-state index is 0.289. The van der Waals surface area contributed by atoms with E-state index in [2.05, 4.69) is 10.6 Å². The van der Waals surface area contributed by atoms with Gasteiger partial charge in [0.05, 0.1) is 14.2 Å². The van der Waals surface area contributed by atoms with E-state index in [-0.39, 0.29) is 5.69 Å². The lowest BCUT2D eigenvalue weighted by Gasteiger charge is -2.16. The van der Waals surface area contributed by atoms with Crippen LogP contribution in [-0.4, -0.2) is 14.2 Å². The molecule has 0 aromatic heterocycles. The number of ether oxygens (including phenoxy) is 2. The van der Waals surface area contributed by atoms with Gasteiger partial charge in [0, 0.05) is 18.1 Å². The average molecular weight is 387 g/mol. The summed E-state index contributed by atoms with van der Waals surface area (Å²) in [6.07, 6.45) is 0. The van der Waals surface area contributed by atoms with E-state index in [0.29, 0.717) is 35.3 Å². The third-order valence-corrected chi connectivity index (χ3v) is 4.42. The van der Waals surface area contributed by atoms with Crippen LogP contribution < -0.4 is 31.0 Å². The molecule has 0 fully saturated rings. The second kappa shape index (κ2) is 8.14.